The molecule has 2 aromatic rings. The molecule has 1 fully saturated rings. The number of thiocarbonyl (C=S) groups is 1. The molecule has 0 aliphatic carbocycles. The Kier molecular flexibility index (Phi) is 6.38. The van der Waals surface area contributed by atoms with Gasteiger partial charge in [-0.25, -0.2) is 0 Å². The lowest BCUT2D eigenvalue weighted by molar-refractivity contribution is -0.384. The summed E-state index contributed by atoms with van der Waals surface area (Å²) in [5, 5.41) is 10.8. The fraction of sp³-hybridized carbons (Fsp3) is 0.0588. The van der Waals surface area contributed by atoms with E-state index in [1.54, 1.807) is 13.2 Å². The quantitative estimate of drug-likeness (QED) is 0.153. The van der Waals surface area contributed by atoms with Gasteiger partial charge in [-0.15, -0.1) is 0 Å². The largest absolute Gasteiger partial charge is 0.495 e. The first-order chi connectivity index (χ1) is 12.8. The molecule has 27 heavy (non-hydrogen) atoms. The van der Waals surface area contributed by atoms with Crippen molar-refractivity contribution in [2.45, 2.75) is 0 Å². The van der Waals surface area contributed by atoms with E-state index < -0.39 is 4.92 Å². The zero-order chi connectivity index (χ0) is 19.7. The summed E-state index contributed by atoms with van der Waals surface area (Å²) in [5.41, 5.74) is 1.24. The van der Waals surface area contributed by atoms with Crippen LogP contribution in [0.4, 0.5) is 11.4 Å². The van der Waals surface area contributed by atoms with Crippen molar-refractivity contribution in [2.75, 3.05) is 12.0 Å². The minimum Gasteiger partial charge on any atom is -0.495 e. The number of methoxy groups -OCH3 is 1. The Labute approximate surface area is 191 Å². The first-order valence-corrected chi connectivity index (χ1v) is 10.8. The van der Waals surface area contributed by atoms with Gasteiger partial charge >= 0.3 is 0 Å². The monoisotopic (exact) mass is 624 g/mol. The van der Waals surface area contributed by atoms with E-state index in [0.29, 0.717) is 20.7 Å². The zero-order valence-corrected chi connectivity index (χ0v) is 19.6. The molecular formula is C17H10I2N2O4S2. The molecule has 0 spiro atoms. The summed E-state index contributed by atoms with van der Waals surface area (Å²) in [7, 11) is 1.59. The van der Waals surface area contributed by atoms with Crippen molar-refractivity contribution < 1.29 is 14.5 Å². The van der Waals surface area contributed by atoms with Crippen LogP contribution in [-0.2, 0) is 4.79 Å². The molecular weight excluding hydrogens is 614 g/mol. The number of nitro benzene ring substituents is 1. The van der Waals surface area contributed by atoms with Crippen LogP contribution in [-0.4, -0.2) is 22.3 Å². The number of halogens is 2. The standard InChI is InChI=1S/C17H10I2N2O4S2/c1-25-15-9(6-10(18)8-13(15)19)7-14-16(22)20(17(26)27-14)11-2-4-12(5-3-11)21(23)24/h2-8H,1H3/b14-7-. The van der Waals surface area contributed by atoms with Gasteiger partial charge < -0.3 is 4.74 Å². The third kappa shape index (κ3) is 4.27. The second-order valence-electron chi connectivity index (χ2n) is 5.30. The second-order valence-corrected chi connectivity index (χ2v) is 9.38. The van der Waals surface area contributed by atoms with E-state index in [9.17, 15) is 14.9 Å². The van der Waals surface area contributed by atoms with Crippen LogP contribution in [0.25, 0.3) is 6.08 Å². The first kappa shape index (κ1) is 20.5. The highest BCUT2D eigenvalue weighted by molar-refractivity contribution is 14.1. The molecule has 0 bridgehead atoms. The summed E-state index contributed by atoms with van der Waals surface area (Å²) in [5.74, 6) is 0.423. The normalized spacial score (nSPS) is 15.5. The third-order valence-electron chi connectivity index (χ3n) is 3.64. The van der Waals surface area contributed by atoms with Crippen LogP contribution < -0.4 is 9.64 Å². The van der Waals surface area contributed by atoms with Crippen molar-refractivity contribution in [3.8, 4) is 5.75 Å². The molecule has 1 saturated heterocycles. The number of carbonyl (C=O) groups is 1. The van der Waals surface area contributed by atoms with Gasteiger partial charge in [-0.05, 0) is 75.5 Å². The number of benzene rings is 2. The lowest BCUT2D eigenvalue weighted by Gasteiger charge is -2.14. The topological polar surface area (TPSA) is 72.7 Å². The molecule has 10 heteroatoms. The fourth-order valence-corrected chi connectivity index (χ4v) is 5.86. The third-order valence-corrected chi connectivity index (χ3v) is 6.37. The second kappa shape index (κ2) is 8.41. The summed E-state index contributed by atoms with van der Waals surface area (Å²) >= 11 is 10.9. The number of amides is 1. The van der Waals surface area contributed by atoms with Gasteiger partial charge in [0.15, 0.2) is 4.32 Å². The van der Waals surface area contributed by atoms with Gasteiger partial charge in [0.1, 0.15) is 5.75 Å². The molecule has 1 amide bonds. The van der Waals surface area contributed by atoms with Gasteiger partial charge in [-0.1, -0.05) is 24.0 Å². The van der Waals surface area contributed by atoms with Crippen molar-refractivity contribution in [1.82, 2.24) is 0 Å². The van der Waals surface area contributed by atoms with Crippen LogP contribution >= 0.6 is 69.2 Å². The van der Waals surface area contributed by atoms with E-state index >= 15 is 0 Å². The van der Waals surface area contributed by atoms with Gasteiger partial charge in [-0.2, -0.15) is 0 Å². The highest BCUT2D eigenvalue weighted by Gasteiger charge is 2.33. The van der Waals surface area contributed by atoms with Crippen LogP contribution in [0.2, 0.25) is 0 Å². The molecule has 0 N–H and O–H groups in total. The fourth-order valence-electron chi connectivity index (χ4n) is 2.46. The minimum absolute atomic E-state index is 0.0436. The molecule has 0 atom stereocenters. The van der Waals surface area contributed by atoms with E-state index in [2.05, 4.69) is 45.2 Å². The number of nitrogens with zero attached hydrogens (tertiary/aromatic N) is 2. The van der Waals surface area contributed by atoms with E-state index in [4.69, 9.17) is 17.0 Å². The van der Waals surface area contributed by atoms with Crippen LogP contribution in [0.1, 0.15) is 5.56 Å². The maximum atomic E-state index is 12.9. The van der Waals surface area contributed by atoms with Crippen molar-refractivity contribution in [3.63, 3.8) is 0 Å². The summed E-state index contributed by atoms with van der Waals surface area (Å²) < 4.78 is 7.81. The van der Waals surface area contributed by atoms with Crippen LogP contribution in [0.5, 0.6) is 5.75 Å². The smallest absolute Gasteiger partial charge is 0.270 e. The minimum atomic E-state index is -0.487. The lowest BCUT2D eigenvalue weighted by Crippen LogP contribution is -2.27. The molecule has 0 radical (unpaired) electrons. The summed E-state index contributed by atoms with van der Waals surface area (Å²) in [6.07, 6.45) is 1.76. The van der Waals surface area contributed by atoms with Crippen molar-refractivity contribution in [2.24, 2.45) is 0 Å². The van der Waals surface area contributed by atoms with Crippen LogP contribution in [0.15, 0.2) is 41.3 Å². The molecule has 0 saturated carbocycles. The molecule has 1 aliphatic heterocycles. The van der Waals surface area contributed by atoms with E-state index in [1.165, 1.54) is 40.9 Å². The molecule has 6 nitrogen and oxygen atoms in total. The molecule has 0 aromatic heterocycles. The van der Waals surface area contributed by atoms with Gasteiger partial charge in [0.05, 0.1) is 26.2 Å². The average Bonchev–Trinajstić information content (AvgIpc) is 2.88. The number of carbonyl (C=O) groups excluding carboxylic acids is 1. The number of anilines is 1. The maximum Gasteiger partial charge on any atom is 0.270 e. The van der Waals surface area contributed by atoms with Crippen LogP contribution in [0, 0.1) is 17.3 Å². The predicted octanol–water partition coefficient (Wildman–Crippen LogP) is 5.22. The number of non-ortho nitro benzene ring substituents is 1. The molecule has 2 aromatic carbocycles. The van der Waals surface area contributed by atoms with Crippen molar-refractivity contribution in [3.05, 3.63) is 64.1 Å². The van der Waals surface area contributed by atoms with E-state index in [1.807, 2.05) is 12.1 Å². The Morgan fingerprint density at radius 2 is 1.93 bits per heavy atom. The van der Waals surface area contributed by atoms with Crippen molar-refractivity contribution in [1.29, 1.82) is 0 Å². The van der Waals surface area contributed by atoms with Crippen LogP contribution in [0.3, 0.4) is 0 Å². The zero-order valence-electron chi connectivity index (χ0n) is 13.6. The molecule has 1 heterocycles. The average molecular weight is 624 g/mol. The van der Waals surface area contributed by atoms with Gasteiger partial charge in [0.25, 0.3) is 11.6 Å². The number of hydrogen-bond acceptors (Lipinski definition) is 6. The highest BCUT2D eigenvalue weighted by Crippen LogP contribution is 2.38. The Morgan fingerprint density at radius 1 is 1.26 bits per heavy atom. The van der Waals surface area contributed by atoms with Gasteiger partial charge in [-0.3, -0.25) is 19.8 Å². The van der Waals surface area contributed by atoms with E-state index in [-0.39, 0.29) is 11.6 Å². The van der Waals surface area contributed by atoms with Crippen molar-refractivity contribution >= 4 is 96.8 Å². The summed E-state index contributed by atoms with van der Waals surface area (Å²) in [6.45, 7) is 0. The molecule has 1 aliphatic rings. The van der Waals surface area contributed by atoms with Gasteiger partial charge in [0, 0.05) is 21.3 Å². The maximum absolute atomic E-state index is 12.9. The lowest BCUT2D eigenvalue weighted by atomic mass is 10.2. The number of ether oxygens (including phenoxy) is 1. The van der Waals surface area contributed by atoms with E-state index in [0.717, 1.165) is 12.7 Å². The Morgan fingerprint density at radius 3 is 2.52 bits per heavy atom. The summed E-state index contributed by atoms with van der Waals surface area (Å²) in [4.78, 5) is 25.0. The number of rotatable bonds is 4. The Hall–Kier alpha value is -1.25. The van der Waals surface area contributed by atoms with Gasteiger partial charge in [0.2, 0.25) is 0 Å². The molecule has 0 unspecified atom stereocenters. The summed E-state index contributed by atoms with van der Waals surface area (Å²) in [6, 6.07) is 9.64. The molecule has 3 rings (SSSR count). The number of nitro groups is 1. The molecule has 138 valence electrons. The number of hydrogen-bond donors (Lipinski definition) is 0. The SMILES string of the molecule is COc1c(I)cc(I)cc1/C=C1\SC(=S)N(c2ccc([N+](=O)[O-])cc2)C1=O. The Balaban J connectivity index is 1.97. The Bertz CT molecular complexity index is 993. The highest BCUT2D eigenvalue weighted by atomic mass is 127. The predicted molar refractivity (Wildman–Crippen MR) is 127 cm³/mol. The first-order valence-electron chi connectivity index (χ1n) is 7.37. The number of thioether (sulfide) groups is 1.